The van der Waals surface area contributed by atoms with Gasteiger partial charge in [-0.1, -0.05) is 18.2 Å². The highest BCUT2D eigenvalue weighted by atomic mass is 32.1. The second-order valence-electron chi connectivity index (χ2n) is 3.35. The van der Waals surface area contributed by atoms with Crippen LogP contribution in [0, 0.1) is 22.7 Å². The van der Waals surface area contributed by atoms with Gasteiger partial charge < -0.3 is 0 Å². The van der Waals surface area contributed by atoms with Crippen molar-refractivity contribution in [2.24, 2.45) is 5.10 Å². The van der Waals surface area contributed by atoms with Gasteiger partial charge in [-0.3, -0.25) is 5.43 Å². The number of hydrazone groups is 1. The molecular formula is C13H8N4S. The van der Waals surface area contributed by atoms with Crippen LogP contribution < -0.4 is 5.43 Å². The third-order valence-corrected chi connectivity index (χ3v) is 3.12. The third kappa shape index (κ3) is 2.73. The molecule has 0 saturated carbocycles. The van der Waals surface area contributed by atoms with Crippen LogP contribution in [0.25, 0.3) is 10.4 Å². The summed E-state index contributed by atoms with van der Waals surface area (Å²) in [6.45, 7) is 0. The normalized spacial score (nSPS) is 9.00. The highest BCUT2D eigenvalue weighted by Crippen LogP contribution is 2.25. The molecule has 4 nitrogen and oxygen atoms in total. The van der Waals surface area contributed by atoms with Gasteiger partial charge in [-0.15, -0.1) is 11.3 Å². The first kappa shape index (κ1) is 11.8. The van der Waals surface area contributed by atoms with E-state index in [1.807, 2.05) is 35.7 Å². The van der Waals surface area contributed by atoms with E-state index in [-0.39, 0.29) is 5.71 Å². The molecule has 18 heavy (non-hydrogen) atoms. The summed E-state index contributed by atoms with van der Waals surface area (Å²) in [6, 6.07) is 15.0. The lowest BCUT2D eigenvalue weighted by atomic mass is 10.2. The van der Waals surface area contributed by atoms with Crippen LogP contribution in [0.1, 0.15) is 0 Å². The highest BCUT2D eigenvalue weighted by molar-refractivity contribution is 7.13. The second-order valence-corrected chi connectivity index (χ2v) is 4.30. The maximum Gasteiger partial charge on any atom is 0.237 e. The molecule has 86 valence electrons. The monoisotopic (exact) mass is 252 g/mol. The Morgan fingerprint density at radius 3 is 2.39 bits per heavy atom. The molecular weight excluding hydrogens is 244 g/mol. The zero-order valence-corrected chi connectivity index (χ0v) is 10.1. The van der Waals surface area contributed by atoms with Gasteiger partial charge in [0.25, 0.3) is 0 Å². The Morgan fingerprint density at radius 1 is 1.11 bits per heavy atom. The fourth-order valence-corrected chi connectivity index (χ4v) is 2.08. The third-order valence-electron chi connectivity index (χ3n) is 2.20. The summed E-state index contributed by atoms with van der Waals surface area (Å²) in [5.41, 5.74) is 4.33. The lowest BCUT2D eigenvalue weighted by molar-refractivity contribution is 1.34. The average molecular weight is 252 g/mol. The molecule has 0 aliphatic heterocycles. The number of rotatable bonds is 3. The lowest BCUT2D eigenvalue weighted by Crippen LogP contribution is -1.95. The molecule has 1 heterocycles. The molecule has 0 bridgehead atoms. The predicted molar refractivity (Wildman–Crippen MR) is 72.0 cm³/mol. The number of hydrogen-bond acceptors (Lipinski definition) is 5. The molecule has 0 unspecified atom stereocenters. The molecule has 1 N–H and O–H groups in total. The summed E-state index contributed by atoms with van der Waals surface area (Å²) in [7, 11) is 0. The first-order valence-corrected chi connectivity index (χ1v) is 5.99. The number of thiophene rings is 1. The molecule has 2 rings (SSSR count). The van der Waals surface area contributed by atoms with Crippen molar-refractivity contribution in [1.82, 2.24) is 0 Å². The topological polar surface area (TPSA) is 72.0 Å². The second kappa shape index (κ2) is 5.62. The van der Waals surface area contributed by atoms with Gasteiger partial charge in [0.15, 0.2) is 0 Å². The van der Waals surface area contributed by atoms with Crippen molar-refractivity contribution < 1.29 is 0 Å². The molecule has 2 aromatic rings. The van der Waals surface area contributed by atoms with Crippen molar-refractivity contribution in [3.63, 3.8) is 0 Å². The van der Waals surface area contributed by atoms with E-state index in [2.05, 4.69) is 16.6 Å². The first-order valence-electron chi connectivity index (χ1n) is 5.11. The predicted octanol–water partition coefficient (Wildman–Crippen LogP) is 3.23. The summed E-state index contributed by atoms with van der Waals surface area (Å²) in [5.74, 6) is 0. The molecule has 0 fully saturated rings. The maximum atomic E-state index is 8.53. The number of hydrogen-bond donors (Lipinski definition) is 1. The number of benzene rings is 1. The van der Waals surface area contributed by atoms with E-state index in [0.29, 0.717) is 0 Å². The van der Waals surface area contributed by atoms with Gasteiger partial charge in [-0.2, -0.15) is 15.6 Å². The summed E-state index contributed by atoms with van der Waals surface area (Å²) >= 11 is 1.67. The Morgan fingerprint density at radius 2 is 1.83 bits per heavy atom. The molecule has 0 spiro atoms. The molecule has 0 radical (unpaired) electrons. The molecule has 1 aromatic carbocycles. The van der Waals surface area contributed by atoms with E-state index in [1.54, 1.807) is 23.5 Å². The number of nitrogens with one attached hydrogen (secondary N) is 1. The summed E-state index contributed by atoms with van der Waals surface area (Å²) in [4.78, 5) is 1.19. The van der Waals surface area contributed by atoms with Crippen molar-refractivity contribution in [2.75, 3.05) is 5.43 Å². The largest absolute Gasteiger partial charge is 0.277 e. The van der Waals surface area contributed by atoms with Crippen LogP contribution in [0.3, 0.4) is 0 Å². The number of nitriles is 2. The van der Waals surface area contributed by atoms with E-state index in [1.165, 1.54) is 4.88 Å². The van der Waals surface area contributed by atoms with Gasteiger partial charge in [-0.05, 0) is 29.1 Å². The van der Waals surface area contributed by atoms with Gasteiger partial charge >= 0.3 is 0 Å². The standard InChI is InChI=1S/C13H8N4S/c14-8-12(9-15)17-16-11-5-3-10(4-6-11)13-2-1-7-18-13/h1-7,16H. The van der Waals surface area contributed by atoms with Gasteiger partial charge in [0, 0.05) is 4.88 Å². The van der Waals surface area contributed by atoms with E-state index in [0.717, 1.165) is 11.3 Å². The maximum absolute atomic E-state index is 8.53. The average Bonchev–Trinajstić information content (AvgIpc) is 2.94. The van der Waals surface area contributed by atoms with Crippen LogP contribution in [0.2, 0.25) is 0 Å². The van der Waals surface area contributed by atoms with Gasteiger partial charge in [-0.25, -0.2) is 0 Å². The Bertz CT molecular complexity index is 611. The quantitative estimate of drug-likeness (QED) is 0.673. The summed E-state index contributed by atoms with van der Waals surface area (Å²) < 4.78 is 0. The van der Waals surface area contributed by atoms with Crippen molar-refractivity contribution >= 4 is 22.7 Å². The molecule has 1 aromatic heterocycles. The molecule has 0 aliphatic carbocycles. The van der Waals surface area contributed by atoms with Crippen LogP contribution in [0.4, 0.5) is 5.69 Å². The van der Waals surface area contributed by atoms with Gasteiger partial charge in [0.05, 0.1) is 5.69 Å². The zero-order chi connectivity index (χ0) is 12.8. The summed E-state index contributed by atoms with van der Waals surface area (Å²) in [5, 5.41) is 22.8. The fraction of sp³-hybridized carbons (Fsp3) is 0. The van der Waals surface area contributed by atoms with Crippen molar-refractivity contribution in [3.8, 4) is 22.6 Å². The summed E-state index contributed by atoms with van der Waals surface area (Å²) in [6.07, 6.45) is 0. The fourth-order valence-electron chi connectivity index (χ4n) is 1.35. The Kier molecular flexibility index (Phi) is 3.70. The van der Waals surface area contributed by atoms with Crippen LogP contribution in [0.15, 0.2) is 46.9 Å². The molecule has 5 heteroatoms. The highest BCUT2D eigenvalue weighted by Gasteiger charge is 1.98. The van der Waals surface area contributed by atoms with Crippen LogP contribution in [0.5, 0.6) is 0 Å². The Labute approximate surface area is 108 Å². The molecule has 0 atom stereocenters. The van der Waals surface area contributed by atoms with Crippen LogP contribution in [-0.4, -0.2) is 5.71 Å². The van der Waals surface area contributed by atoms with Crippen molar-refractivity contribution in [2.45, 2.75) is 0 Å². The lowest BCUT2D eigenvalue weighted by Gasteiger charge is -2.01. The minimum atomic E-state index is -0.197. The van der Waals surface area contributed by atoms with E-state index in [9.17, 15) is 0 Å². The molecule has 0 amide bonds. The molecule has 0 aliphatic rings. The van der Waals surface area contributed by atoms with Crippen molar-refractivity contribution in [1.29, 1.82) is 10.5 Å². The Balaban J connectivity index is 2.12. The zero-order valence-electron chi connectivity index (χ0n) is 9.29. The minimum Gasteiger partial charge on any atom is -0.277 e. The number of nitrogens with zero attached hydrogens (tertiary/aromatic N) is 3. The van der Waals surface area contributed by atoms with E-state index < -0.39 is 0 Å². The Hall–Kier alpha value is -2.63. The van der Waals surface area contributed by atoms with Crippen molar-refractivity contribution in [3.05, 3.63) is 41.8 Å². The smallest absolute Gasteiger partial charge is 0.237 e. The SMILES string of the molecule is N#CC(C#N)=NNc1ccc(-c2cccs2)cc1. The van der Waals surface area contributed by atoms with E-state index >= 15 is 0 Å². The molecule has 0 saturated heterocycles. The van der Waals surface area contributed by atoms with Gasteiger partial charge in [0.1, 0.15) is 12.1 Å². The van der Waals surface area contributed by atoms with Crippen LogP contribution in [-0.2, 0) is 0 Å². The number of anilines is 1. The van der Waals surface area contributed by atoms with E-state index in [4.69, 9.17) is 10.5 Å². The van der Waals surface area contributed by atoms with Gasteiger partial charge in [0.2, 0.25) is 5.71 Å². The minimum absolute atomic E-state index is 0.197. The van der Waals surface area contributed by atoms with Crippen LogP contribution >= 0.6 is 11.3 Å². The first-order chi connectivity index (χ1) is 8.83.